The van der Waals surface area contributed by atoms with Crippen molar-refractivity contribution in [3.8, 4) is 5.75 Å². The molecule has 0 saturated heterocycles. The van der Waals surface area contributed by atoms with Gasteiger partial charge in [0.1, 0.15) is 11.3 Å². The number of phenols is 1. The molecule has 0 bridgehead atoms. The van der Waals surface area contributed by atoms with E-state index in [4.69, 9.17) is 20.3 Å². The van der Waals surface area contributed by atoms with Gasteiger partial charge in [0, 0.05) is 0 Å². The number of nitrogens with zero attached hydrogens (tertiary/aromatic N) is 1. The zero-order valence-electron chi connectivity index (χ0n) is 7.08. The number of aromatic hydroxyl groups is 1. The summed E-state index contributed by atoms with van der Waals surface area (Å²) in [7, 11) is 0. The fourth-order valence-electron chi connectivity index (χ4n) is 0.654. The van der Waals surface area contributed by atoms with Crippen LogP contribution in [0, 0.1) is 10.1 Å². The second-order valence-corrected chi connectivity index (χ2v) is 3.24. The zero-order chi connectivity index (χ0) is 11.1. The van der Waals surface area contributed by atoms with Gasteiger partial charge in [-0.3, -0.25) is 0 Å². The van der Waals surface area contributed by atoms with E-state index < -0.39 is 5.97 Å². The van der Waals surface area contributed by atoms with Gasteiger partial charge in [-0.1, -0.05) is 12.1 Å². The van der Waals surface area contributed by atoms with Crippen molar-refractivity contribution in [3.63, 3.8) is 0 Å². The first-order chi connectivity index (χ1) is 6.45. The molecule has 2 N–H and O–H groups in total. The van der Waals surface area contributed by atoms with E-state index in [1.54, 1.807) is 12.1 Å². The Labute approximate surface area is 89.3 Å². The van der Waals surface area contributed by atoms with Gasteiger partial charge in [-0.05, 0) is 12.1 Å². The van der Waals surface area contributed by atoms with E-state index in [9.17, 15) is 4.79 Å². The van der Waals surface area contributed by atoms with Gasteiger partial charge in [-0.15, -0.1) is 0 Å². The quantitative estimate of drug-likeness (QED) is 0.436. The average molecular weight is 250 g/mol. The van der Waals surface area contributed by atoms with Crippen molar-refractivity contribution >= 4 is 5.97 Å². The molecule has 0 unspecified atom stereocenters. The van der Waals surface area contributed by atoms with Gasteiger partial charge in [-0.25, -0.2) is 4.79 Å². The van der Waals surface area contributed by atoms with Crippen molar-refractivity contribution in [2.45, 2.75) is 0 Å². The maximum absolute atomic E-state index is 10.3. The van der Waals surface area contributed by atoms with Crippen molar-refractivity contribution in [2.24, 2.45) is 0 Å². The number of rotatable bonds is 1. The molecule has 7 heteroatoms. The third-order valence-corrected chi connectivity index (χ3v) is 1.13. The van der Waals surface area contributed by atoms with E-state index in [2.05, 4.69) is 0 Å². The first-order valence-corrected chi connectivity index (χ1v) is 4.74. The molecule has 0 heterocycles. The van der Waals surface area contributed by atoms with E-state index >= 15 is 0 Å². The molecule has 6 nitrogen and oxygen atoms in total. The van der Waals surface area contributed by atoms with Gasteiger partial charge in [0.2, 0.25) is 0 Å². The van der Waals surface area contributed by atoms with E-state index in [0.717, 1.165) is 0 Å². The van der Waals surface area contributed by atoms with Crippen LogP contribution in [0.1, 0.15) is 10.4 Å². The first-order valence-electron chi connectivity index (χ1n) is 3.41. The molecule has 0 aliphatic carbocycles. The number of hydrogen-bond acceptors (Lipinski definition) is 4. The van der Waals surface area contributed by atoms with Gasteiger partial charge in [0.15, 0.2) is 0 Å². The van der Waals surface area contributed by atoms with Crippen molar-refractivity contribution < 1.29 is 37.2 Å². The Balaban J connectivity index is 0.000000364. The molecule has 0 amide bonds. The molecule has 0 aliphatic rings. The van der Waals surface area contributed by atoms with Gasteiger partial charge in [0.05, 0.1) is 0 Å². The first kappa shape index (κ1) is 12.5. The summed E-state index contributed by atoms with van der Waals surface area (Å²) in [5.74, 6) is -1.31. The molecular weight excluding hydrogens is 243 g/mol. The van der Waals surface area contributed by atoms with Gasteiger partial charge < -0.3 is 10.2 Å². The number of benzene rings is 1. The van der Waals surface area contributed by atoms with Gasteiger partial charge in [0.25, 0.3) is 0 Å². The number of carboxylic acid groups (broad SMARTS) is 1. The van der Waals surface area contributed by atoms with Gasteiger partial charge >= 0.3 is 38.3 Å². The number of para-hydroxylation sites is 1. The Morgan fingerprint density at radius 1 is 1.43 bits per heavy atom. The molecular formula is C7H6NO5Zn. The third-order valence-electron chi connectivity index (χ3n) is 1.13. The number of carbonyl (C=O) groups is 1. The van der Waals surface area contributed by atoms with Crippen LogP contribution in [-0.2, 0) is 18.5 Å². The summed E-state index contributed by atoms with van der Waals surface area (Å²) in [4.78, 5) is 19.1. The Bertz CT molecular complexity index is 337. The van der Waals surface area contributed by atoms with Crippen LogP contribution in [0.25, 0.3) is 0 Å². The molecule has 0 aliphatic heterocycles. The Kier molecular flexibility index (Phi) is 5.40. The Morgan fingerprint density at radius 3 is 2.14 bits per heavy atom. The second kappa shape index (κ2) is 6.04. The molecule has 0 saturated carbocycles. The molecule has 0 spiro atoms. The van der Waals surface area contributed by atoms with Crippen molar-refractivity contribution in [1.29, 1.82) is 0 Å². The summed E-state index contributed by atoms with van der Waals surface area (Å²) in [6.07, 6.45) is 0. The Morgan fingerprint density at radius 2 is 1.86 bits per heavy atom. The molecule has 0 radical (unpaired) electrons. The predicted octanol–water partition coefficient (Wildman–Crippen LogP) is 0.815. The maximum atomic E-state index is 10.3. The second-order valence-electron chi connectivity index (χ2n) is 2.16. The fraction of sp³-hybridized carbons (Fsp3) is 0. The topological polar surface area (TPSA) is 101 Å². The molecule has 0 fully saturated rings. The van der Waals surface area contributed by atoms with Crippen molar-refractivity contribution in [2.75, 3.05) is 0 Å². The van der Waals surface area contributed by atoms with Crippen molar-refractivity contribution in [1.82, 2.24) is 0 Å². The number of hydrogen-bond donors (Lipinski definition) is 2. The van der Waals surface area contributed by atoms with E-state index in [0.29, 0.717) is 0 Å². The van der Waals surface area contributed by atoms with E-state index in [1.165, 1.54) is 12.1 Å². The summed E-state index contributed by atoms with van der Waals surface area (Å²) in [6.45, 7) is 0. The fourth-order valence-corrected chi connectivity index (χ4v) is 0.654. The monoisotopic (exact) mass is 248 g/mol. The standard InChI is InChI=1S/C7H6O3.NO2.Zn/c8-6-4-2-1-3-5(6)7(9)10;2-1-3;/h1-4,8H,(H,9,10);;. The minimum absolute atomic E-state index is 0.0671. The van der Waals surface area contributed by atoms with Crippen LogP contribution < -0.4 is 0 Å². The predicted molar refractivity (Wildman–Crippen MR) is 42.1 cm³/mol. The third kappa shape index (κ3) is 5.21. The molecule has 71 valence electrons. The Hall–Kier alpha value is -1.49. The van der Waals surface area contributed by atoms with Gasteiger partial charge in [-0.2, -0.15) is 0 Å². The number of aromatic carboxylic acids is 1. The molecule has 1 aromatic rings. The molecule has 1 aromatic carbocycles. The number of nitro groups is 1. The van der Waals surface area contributed by atoms with E-state index in [-0.39, 0.29) is 33.5 Å². The minimum atomic E-state index is -1.11. The summed E-state index contributed by atoms with van der Waals surface area (Å²) in [6, 6.07) is 5.81. The normalized spacial score (nSPS) is 8.43. The van der Waals surface area contributed by atoms with Crippen LogP contribution in [0.4, 0.5) is 0 Å². The summed E-state index contributed by atoms with van der Waals surface area (Å²) in [5, 5.41) is 26.2. The molecule has 0 aromatic heterocycles. The molecule has 1 rings (SSSR count). The SMILES string of the molecule is O=C(O)c1ccccc1O.O=[N+]([O-])[Zn]. The van der Waals surface area contributed by atoms with Crippen molar-refractivity contribution in [3.05, 3.63) is 39.9 Å². The zero-order valence-corrected chi connectivity index (χ0v) is 10.1. The van der Waals surface area contributed by atoms with E-state index in [1.807, 2.05) is 0 Å². The van der Waals surface area contributed by atoms with Crippen LogP contribution in [0.3, 0.4) is 0 Å². The molecule has 14 heavy (non-hydrogen) atoms. The van der Waals surface area contributed by atoms with Crippen LogP contribution >= 0.6 is 0 Å². The summed E-state index contributed by atoms with van der Waals surface area (Å²) >= 11 is 0.153. The number of carboxylic acids is 1. The van der Waals surface area contributed by atoms with Crippen LogP contribution in [0.5, 0.6) is 5.75 Å². The molecule has 0 atom stereocenters. The van der Waals surface area contributed by atoms with Crippen LogP contribution in [0.15, 0.2) is 24.3 Å². The van der Waals surface area contributed by atoms with Crippen LogP contribution in [0.2, 0.25) is 0 Å². The summed E-state index contributed by atoms with van der Waals surface area (Å²) < 4.78 is -0.375. The van der Waals surface area contributed by atoms with Crippen LogP contribution in [-0.4, -0.2) is 19.8 Å². The summed E-state index contributed by atoms with van der Waals surface area (Å²) in [5.41, 5.74) is -0.0671. The average Bonchev–Trinajstić information content (AvgIpc) is 2.03.